The van der Waals surface area contributed by atoms with Gasteiger partial charge in [0.2, 0.25) is 0 Å². The Bertz CT molecular complexity index is 1520. The first-order valence-corrected chi connectivity index (χ1v) is 14.1. The molecule has 0 bridgehead atoms. The smallest absolute Gasteiger partial charge is 0.344 e. The molecule has 0 saturated carbocycles. The van der Waals surface area contributed by atoms with Gasteiger partial charge in [0.15, 0.2) is 6.10 Å². The molecule has 1 aromatic heterocycles. The number of hydrogen-bond donors (Lipinski definition) is 2. The minimum atomic E-state index is -1.03. The molecule has 6 nitrogen and oxygen atoms in total. The van der Waals surface area contributed by atoms with E-state index in [0.717, 1.165) is 39.7 Å². The van der Waals surface area contributed by atoms with Crippen LogP contribution in [0.1, 0.15) is 78.0 Å². The summed E-state index contributed by atoms with van der Waals surface area (Å²) in [6.45, 7) is 7.73. The molecule has 210 valence electrons. The van der Waals surface area contributed by atoms with E-state index in [1.807, 2.05) is 39.1 Å². The number of ether oxygens (including phenoxy) is 1. The van der Waals surface area contributed by atoms with Gasteiger partial charge in [0.05, 0.1) is 6.04 Å². The third kappa shape index (κ3) is 6.50. The van der Waals surface area contributed by atoms with Crippen molar-refractivity contribution < 1.29 is 19.4 Å². The maximum Gasteiger partial charge on any atom is 0.344 e. The highest BCUT2D eigenvalue weighted by molar-refractivity contribution is 6.31. The van der Waals surface area contributed by atoms with Crippen LogP contribution in [0.25, 0.3) is 10.9 Å². The zero-order valence-electron chi connectivity index (χ0n) is 23.8. The number of amides is 1. The second-order valence-corrected chi connectivity index (χ2v) is 10.8. The SMILES string of the molecule is CCCCc1ccc([C@H](C)NC(=O)c2ccc3c(Cc4cc(O[C@H](C)C(=O)O)ccc4Cl)c(C)n(C)c3c2)cc1. The highest BCUT2D eigenvalue weighted by Crippen LogP contribution is 2.32. The lowest BCUT2D eigenvalue weighted by Gasteiger charge is -2.15. The van der Waals surface area contributed by atoms with E-state index in [9.17, 15) is 14.7 Å². The van der Waals surface area contributed by atoms with Crippen LogP contribution >= 0.6 is 11.6 Å². The van der Waals surface area contributed by atoms with Crippen LogP contribution in [0, 0.1) is 6.92 Å². The Hall–Kier alpha value is -3.77. The Balaban J connectivity index is 1.54. The van der Waals surface area contributed by atoms with Crippen molar-refractivity contribution in [3.8, 4) is 5.75 Å². The molecule has 0 aliphatic heterocycles. The van der Waals surface area contributed by atoms with Gasteiger partial charge in [0, 0.05) is 40.7 Å². The zero-order chi connectivity index (χ0) is 29.0. The maximum atomic E-state index is 13.2. The standard InChI is InChI=1S/C33H37ClN2O4/c1-6-7-8-23-9-11-24(12-10-23)20(2)35-32(37)25-13-15-28-29(21(3)36(5)31(28)19-25)18-26-17-27(14-16-30(26)34)40-22(4)33(38)39/h9-17,19-20,22H,6-8,18H2,1-5H3,(H,35,37)(H,38,39)/t20-,22+/m0/s1. The maximum absolute atomic E-state index is 13.2. The van der Waals surface area contributed by atoms with Crippen LogP contribution < -0.4 is 10.1 Å². The summed E-state index contributed by atoms with van der Waals surface area (Å²) < 4.78 is 7.64. The van der Waals surface area contributed by atoms with E-state index in [-0.39, 0.29) is 11.9 Å². The number of rotatable bonds is 11. The fourth-order valence-electron chi connectivity index (χ4n) is 4.93. The van der Waals surface area contributed by atoms with Crippen molar-refractivity contribution in [3.63, 3.8) is 0 Å². The number of benzene rings is 3. The van der Waals surface area contributed by atoms with Crippen LogP contribution in [0.2, 0.25) is 5.02 Å². The van der Waals surface area contributed by atoms with Gasteiger partial charge in [0.1, 0.15) is 5.75 Å². The number of carboxylic acids is 1. The number of unbranched alkanes of at least 4 members (excludes halogenated alkanes) is 1. The molecule has 0 aliphatic rings. The van der Waals surface area contributed by atoms with Crippen LogP contribution in [0.15, 0.2) is 60.7 Å². The number of aromatic nitrogens is 1. The van der Waals surface area contributed by atoms with Gasteiger partial charge in [-0.2, -0.15) is 0 Å². The van der Waals surface area contributed by atoms with Gasteiger partial charge >= 0.3 is 5.97 Å². The lowest BCUT2D eigenvalue weighted by Crippen LogP contribution is -2.26. The molecule has 7 heteroatoms. The van der Waals surface area contributed by atoms with Gasteiger partial charge in [-0.25, -0.2) is 4.79 Å². The number of fused-ring (bicyclic) bond motifs is 1. The second-order valence-electron chi connectivity index (χ2n) is 10.4. The van der Waals surface area contributed by atoms with Gasteiger partial charge in [-0.3, -0.25) is 4.79 Å². The van der Waals surface area contributed by atoms with Gasteiger partial charge < -0.3 is 19.7 Å². The van der Waals surface area contributed by atoms with Gasteiger partial charge in [-0.05, 0) is 86.2 Å². The van der Waals surface area contributed by atoms with Crippen LogP contribution in [-0.4, -0.2) is 27.7 Å². The number of carbonyl (C=O) groups is 2. The van der Waals surface area contributed by atoms with E-state index in [1.54, 1.807) is 18.2 Å². The topological polar surface area (TPSA) is 80.6 Å². The van der Waals surface area contributed by atoms with Gasteiger partial charge in [-0.15, -0.1) is 0 Å². The summed E-state index contributed by atoms with van der Waals surface area (Å²) in [4.78, 5) is 24.4. The molecule has 40 heavy (non-hydrogen) atoms. The highest BCUT2D eigenvalue weighted by atomic mass is 35.5. The van der Waals surface area contributed by atoms with E-state index >= 15 is 0 Å². The minimum absolute atomic E-state index is 0.116. The zero-order valence-corrected chi connectivity index (χ0v) is 24.5. The number of nitrogens with one attached hydrogen (secondary N) is 1. The predicted molar refractivity (Wildman–Crippen MR) is 161 cm³/mol. The van der Waals surface area contributed by atoms with E-state index in [0.29, 0.717) is 22.8 Å². The largest absolute Gasteiger partial charge is 0.479 e. The number of nitrogens with zero attached hydrogens (tertiary/aromatic N) is 1. The molecule has 0 radical (unpaired) electrons. The minimum Gasteiger partial charge on any atom is -0.479 e. The first kappa shape index (κ1) is 29.2. The third-order valence-electron chi connectivity index (χ3n) is 7.58. The second kappa shape index (κ2) is 12.6. The fraction of sp³-hybridized carbons (Fsp3) is 0.333. The Morgan fingerprint density at radius 2 is 1.77 bits per heavy atom. The lowest BCUT2D eigenvalue weighted by atomic mass is 10.0. The summed E-state index contributed by atoms with van der Waals surface area (Å²) in [7, 11) is 1.99. The van der Waals surface area contributed by atoms with Crippen LogP contribution in [0.5, 0.6) is 5.75 Å². The van der Waals surface area contributed by atoms with E-state index < -0.39 is 12.1 Å². The first-order valence-electron chi connectivity index (χ1n) is 13.7. The molecule has 0 fully saturated rings. The molecule has 2 atom stereocenters. The third-order valence-corrected chi connectivity index (χ3v) is 7.95. The van der Waals surface area contributed by atoms with Crippen molar-refractivity contribution in [2.75, 3.05) is 0 Å². The van der Waals surface area contributed by atoms with E-state index in [1.165, 1.54) is 25.3 Å². The van der Waals surface area contributed by atoms with Crippen molar-refractivity contribution in [1.29, 1.82) is 0 Å². The Labute approximate surface area is 240 Å². The van der Waals surface area contributed by atoms with Crippen molar-refractivity contribution >= 4 is 34.4 Å². The molecule has 3 aromatic carbocycles. The molecular formula is C33H37ClN2O4. The summed E-state index contributed by atoms with van der Waals surface area (Å²) in [6.07, 6.45) is 2.99. The van der Waals surface area contributed by atoms with Crippen molar-refractivity contribution in [1.82, 2.24) is 9.88 Å². The van der Waals surface area contributed by atoms with Gasteiger partial charge in [-0.1, -0.05) is 55.3 Å². The van der Waals surface area contributed by atoms with Crippen molar-refractivity contribution in [3.05, 3.63) is 99.2 Å². The van der Waals surface area contributed by atoms with Crippen LogP contribution in [0.3, 0.4) is 0 Å². The molecule has 4 aromatic rings. The highest BCUT2D eigenvalue weighted by Gasteiger charge is 2.19. The molecule has 2 N–H and O–H groups in total. The fourth-order valence-corrected chi connectivity index (χ4v) is 5.11. The molecule has 0 spiro atoms. The van der Waals surface area contributed by atoms with Crippen LogP contribution in [0.4, 0.5) is 0 Å². The summed E-state index contributed by atoms with van der Waals surface area (Å²) in [5, 5.41) is 13.9. The Kier molecular flexibility index (Phi) is 9.21. The molecule has 0 saturated heterocycles. The number of aliphatic carboxylic acids is 1. The lowest BCUT2D eigenvalue weighted by molar-refractivity contribution is -0.144. The summed E-state index contributed by atoms with van der Waals surface area (Å²) in [6, 6.07) is 19.3. The van der Waals surface area contributed by atoms with Crippen LogP contribution in [-0.2, 0) is 24.7 Å². The quantitative estimate of drug-likeness (QED) is 0.200. The Morgan fingerprint density at radius 3 is 2.45 bits per heavy atom. The number of halogens is 1. The monoisotopic (exact) mass is 560 g/mol. The summed E-state index contributed by atoms with van der Waals surface area (Å²) in [5.74, 6) is -0.697. The number of aryl methyl sites for hydroxylation is 2. The normalized spacial score (nSPS) is 12.8. The first-order chi connectivity index (χ1) is 19.1. The number of hydrogen-bond acceptors (Lipinski definition) is 3. The summed E-state index contributed by atoms with van der Waals surface area (Å²) in [5.41, 5.74) is 6.94. The number of carboxylic acid groups (broad SMARTS) is 1. The predicted octanol–water partition coefficient (Wildman–Crippen LogP) is 7.42. The number of carbonyl (C=O) groups excluding carboxylic acids is 1. The molecule has 0 aliphatic carbocycles. The average molecular weight is 561 g/mol. The Morgan fingerprint density at radius 1 is 1.05 bits per heavy atom. The molecule has 0 unspecified atom stereocenters. The van der Waals surface area contributed by atoms with Crippen molar-refractivity contribution in [2.24, 2.45) is 7.05 Å². The molecular weight excluding hydrogens is 524 g/mol. The van der Waals surface area contributed by atoms with E-state index in [4.69, 9.17) is 16.3 Å². The van der Waals surface area contributed by atoms with E-state index in [2.05, 4.69) is 41.1 Å². The molecule has 4 rings (SSSR count). The van der Waals surface area contributed by atoms with Crippen molar-refractivity contribution in [2.45, 2.75) is 65.5 Å². The summed E-state index contributed by atoms with van der Waals surface area (Å²) >= 11 is 6.52. The average Bonchev–Trinajstić information content (AvgIpc) is 3.17. The van der Waals surface area contributed by atoms with Gasteiger partial charge in [0.25, 0.3) is 5.91 Å². The molecule has 1 amide bonds. The molecule has 1 heterocycles.